The van der Waals surface area contributed by atoms with Crippen molar-refractivity contribution in [3.63, 3.8) is 0 Å². The fraction of sp³-hybridized carbons (Fsp3) is 0.278. The number of thiazole rings is 1. The number of fused-ring (bicyclic) bond motifs is 1. The van der Waals surface area contributed by atoms with Gasteiger partial charge in [0.1, 0.15) is 12.1 Å². The lowest BCUT2D eigenvalue weighted by molar-refractivity contribution is 0.262. The molecule has 0 unspecified atom stereocenters. The molecule has 0 aliphatic heterocycles. The Balaban J connectivity index is 1.28. The Morgan fingerprint density at radius 3 is 2.93 bits per heavy atom. The summed E-state index contributed by atoms with van der Waals surface area (Å²) in [5.41, 5.74) is 0.945. The number of imidazole rings is 1. The average molecular weight is 429 g/mol. The van der Waals surface area contributed by atoms with Crippen molar-refractivity contribution >= 4 is 55.7 Å². The zero-order chi connectivity index (χ0) is 20.2. The largest absolute Gasteiger partial charge is 0.368 e. The highest BCUT2D eigenvalue weighted by molar-refractivity contribution is 7.17. The van der Waals surface area contributed by atoms with Gasteiger partial charge in [-0.15, -0.1) is 22.7 Å². The molecule has 4 aromatic rings. The van der Waals surface area contributed by atoms with Gasteiger partial charge < -0.3 is 9.88 Å². The van der Waals surface area contributed by atoms with Crippen molar-refractivity contribution in [1.29, 1.82) is 0 Å². The number of carbonyl (C=O) groups is 1. The van der Waals surface area contributed by atoms with Crippen LogP contribution in [0.25, 0.3) is 10.2 Å². The molecule has 0 saturated heterocycles. The molecular formula is C18H20N8OS2. The van der Waals surface area contributed by atoms with Gasteiger partial charge in [-0.1, -0.05) is 0 Å². The summed E-state index contributed by atoms with van der Waals surface area (Å²) in [4.78, 5) is 30.2. The number of rotatable bonds is 7. The fourth-order valence-electron chi connectivity index (χ4n) is 2.63. The van der Waals surface area contributed by atoms with Crippen molar-refractivity contribution in [2.45, 2.75) is 26.3 Å². The highest BCUT2D eigenvalue weighted by Gasteiger charge is 2.10. The Bertz CT molecular complexity index is 1120. The quantitative estimate of drug-likeness (QED) is 0.406. The van der Waals surface area contributed by atoms with Gasteiger partial charge in [-0.3, -0.25) is 10.6 Å². The van der Waals surface area contributed by atoms with Crippen molar-refractivity contribution in [2.24, 2.45) is 0 Å². The molecule has 4 aromatic heterocycles. The van der Waals surface area contributed by atoms with Crippen LogP contribution in [0.5, 0.6) is 0 Å². The van der Waals surface area contributed by atoms with Crippen molar-refractivity contribution in [3.05, 3.63) is 41.4 Å². The Morgan fingerprint density at radius 1 is 1.21 bits per heavy atom. The minimum Gasteiger partial charge on any atom is -0.368 e. The van der Waals surface area contributed by atoms with E-state index in [1.54, 1.807) is 36.4 Å². The summed E-state index contributed by atoms with van der Waals surface area (Å²) >= 11 is 3.06. The van der Waals surface area contributed by atoms with Crippen LogP contribution in [0.4, 0.5) is 21.6 Å². The second-order valence-electron chi connectivity index (χ2n) is 6.54. The Hall–Kier alpha value is -3.05. The Kier molecular flexibility index (Phi) is 5.67. The first kappa shape index (κ1) is 19.3. The smallest absolute Gasteiger partial charge is 0.326 e. The Morgan fingerprint density at radius 2 is 2.10 bits per heavy atom. The van der Waals surface area contributed by atoms with E-state index in [4.69, 9.17) is 0 Å². The molecule has 0 saturated carbocycles. The van der Waals surface area contributed by atoms with Gasteiger partial charge in [0.25, 0.3) is 0 Å². The van der Waals surface area contributed by atoms with E-state index in [1.165, 1.54) is 11.3 Å². The molecule has 0 fully saturated rings. The number of carbonyl (C=O) groups excluding carboxylic acids is 1. The minimum absolute atomic E-state index is 0.287. The van der Waals surface area contributed by atoms with E-state index in [2.05, 4.69) is 35.9 Å². The molecule has 4 rings (SSSR count). The minimum atomic E-state index is -0.362. The van der Waals surface area contributed by atoms with E-state index >= 15 is 0 Å². The molecule has 0 aliphatic carbocycles. The predicted octanol–water partition coefficient (Wildman–Crippen LogP) is 4.22. The topological polar surface area (TPSA) is 110 Å². The van der Waals surface area contributed by atoms with Crippen molar-refractivity contribution in [1.82, 2.24) is 24.5 Å². The molecule has 0 aliphatic rings. The van der Waals surface area contributed by atoms with Crippen LogP contribution in [0.1, 0.15) is 24.8 Å². The summed E-state index contributed by atoms with van der Waals surface area (Å²) in [6.45, 7) is 4.81. The zero-order valence-electron chi connectivity index (χ0n) is 15.9. The summed E-state index contributed by atoms with van der Waals surface area (Å²) in [7, 11) is 0. The number of urea groups is 1. The molecule has 4 heterocycles. The van der Waals surface area contributed by atoms with Gasteiger partial charge in [-0.25, -0.2) is 24.7 Å². The SMILES string of the molecule is CC(C)n1cnc(NC(=O)Nc2ncc(CCNc3ncnc4ccsc34)s2)c1. The van der Waals surface area contributed by atoms with Gasteiger partial charge in [0, 0.05) is 36.3 Å². The monoisotopic (exact) mass is 428 g/mol. The van der Waals surface area contributed by atoms with Crippen molar-refractivity contribution in [2.75, 3.05) is 22.5 Å². The first-order valence-corrected chi connectivity index (χ1v) is 10.8. The molecule has 9 nitrogen and oxygen atoms in total. The number of nitrogens with one attached hydrogen (secondary N) is 3. The highest BCUT2D eigenvalue weighted by atomic mass is 32.1. The number of thiophene rings is 1. The lowest BCUT2D eigenvalue weighted by Gasteiger charge is -2.05. The van der Waals surface area contributed by atoms with Gasteiger partial charge >= 0.3 is 6.03 Å². The van der Waals surface area contributed by atoms with Gasteiger partial charge in [-0.05, 0) is 25.3 Å². The van der Waals surface area contributed by atoms with E-state index in [0.29, 0.717) is 17.5 Å². The maximum absolute atomic E-state index is 12.1. The van der Waals surface area contributed by atoms with Crippen LogP contribution in [-0.2, 0) is 6.42 Å². The maximum atomic E-state index is 12.1. The van der Waals surface area contributed by atoms with Crippen LogP contribution in [-0.4, -0.2) is 37.1 Å². The zero-order valence-corrected chi connectivity index (χ0v) is 17.5. The van der Waals surface area contributed by atoms with E-state index in [1.807, 2.05) is 29.9 Å². The summed E-state index contributed by atoms with van der Waals surface area (Å²) < 4.78 is 2.97. The molecule has 3 N–H and O–H groups in total. The van der Waals surface area contributed by atoms with E-state index < -0.39 is 0 Å². The summed E-state index contributed by atoms with van der Waals surface area (Å²) in [5, 5.41) is 11.4. The summed E-state index contributed by atoms with van der Waals surface area (Å²) in [6.07, 6.45) is 7.60. The number of anilines is 3. The molecule has 0 bridgehead atoms. The van der Waals surface area contributed by atoms with Gasteiger partial charge in [0.2, 0.25) is 0 Å². The average Bonchev–Trinajstić information content (AvgIpc) is 3.42. The molecule has 2 amide bonds. The molecule has 150 valence electrons. The third-order valence-electron chi connectivity index (χ3n) is 4.12. The van der Waals surface area contributed by atoms with Crippen LogP contribution in [0, 0.1) is 0 Å². The number of nitrogens with zero attached hydrogens (tertiary/aromatic N) is 5. The second-order valence-corrected chi connectivity index (χ2v) is 8.58. The van der Waals surface area contributed by atoms with Crippen LogP contribution in [0.15, 0.2) is 36.5 Å². The van der Waals surface area contributed by atoms with Gasteiger partial charge in [0.05, 0.1) is 16.5 Å². The lowest BCUT2D eigenvalue weighted by Crippen LogP contribution is -2.19. The standard InChI is InChI=1S/C18H20N8OS2/c1-11(2)26-8-14(23-10-26)24-17(27)25-18-20-7-12(29-18)3-5-19-16-15-13(4-6-28-15)21-9-22-16/h4,6-11H,3,5H2,1-2H3,(H,19,21,22)(H2,20,24,25,27). The number of amides is 2. The van der Waals surface area contributed by atoms with E-state index in [9.17, 15) is 4.79 Å². The maximum Gasteiger partial charge on any atom is 0.326 e. The number of hydrogen-bond donors (Lipinski definition) is 3. The normalized spacial score (nSPS) is 11.1. The number of aromatic nitrogens is 5. The van der Waals surface area contributed by atoms with Crippen LogP contribution in [0.3, 0.4) is 0 Å². The van der Waals surface area contributed by atoms with Crippen LogP contribution < -0.4 is 16.0 Å². The first-order chi connectivity index (χ1) is 14.1. The molecule has 0 atom stereocenters. The Labute approximate surface area is 175 Å². The van der Waals surface area contributed by atoms with Gasteiger partial charge in [-0.2, -0.15) is 0 Å². The molecule has 0 aromatic carbocycles. The summed E-state index contributed by atoms with van der Waals surface area (Å²) in [5.74, 6) is 1.34. The number of hydrogen-bond acceptors (Lipinski definition) is 8. The molecular weight excluding hydrogens is 408 g/mol. The lowest BCUT2D eigenvalue weighted by atomic mass is 10.3. The van der Waals surface area contributed by atoms with E-state index in [0.717, 1.165) is 27.3 Å². The van der Waals surface area contributed by atoms with E-state index in [-0.39, 0.29) is 12.1 Å². The predicted molar refractivity (Wildman–Crippen MR) is 117 cm³/mol. The van der Waals surface area contributed by atoms with Crippen molar-refractivity contribution < 1.29 is 4.79 Å². The summed E-state index contributed by atoms with van der Waals surface area (Å²) in [6, 6.07) is 1.90. The van der Waals surface area contributed by atoms with Crippen LogP contribution in [0.2, 0.25) is 0 Å². The van der Waals surface area contributed by atoms with Crippen molar-refractivity contribution in [3.8, 4) is 0 Å². The van der Waals surface area contributed by atoms with Crippen LogP contribution >= 0.6 is 22.7 Å². The first-order valence-electron chi connectivity index (χ1n) is 9.07. The third-order valence-corrected chi connectivity index (χ3v) is 6.00. The third kappa shape index (κ3) is 4.69. The van der Waals surface area contributed by atoms with Gasteiger partial charge in [0.15, 0.2) is 10.9 Å². The second kappa shape index (κ2) is 8.53. The molecule has 0 spiro atoms. The highest BCUT2D eigenvalue weighted by Crippen LogP contribution is 2.25. The molecule has 29 heavy (non-hydrogen) atoms. The molecule has 0 radical (unpaired) electrons. The molecule has 11 heteroatoms. The fourth-order valence-corrected chi connectivity index (χ4v) is 4.25.